The summed E-state index contributed by atoms with van der Waals surface area (Å²) in [7, 11) is -1.85. The molecular weight excluding hydrogens is 372 g/mol. The number of aryl methyl sites for hydroxylation is 3. The second-order valence-corrected chi connectivity index (χ2v) is 8.88. The SMILES string of the molecule is CCc1ccc(-c2cnn(C)c2)cc1S(=O)(=O)N1CCNc2cccc(C)c21. The zero-order chi connectivity index (χ0) is 19.9. The second-order valence-electron chi connectivity index (χ2n) is 7.05. The van der Waals surface area contributed by atoms with Crippen molar-refractivity contribution < 1.29 is 8.42 Å². The van der Waals surface area contributed by atoms with Crippen LogP contribution in [0.5, 0.6) is 0 Å². The highest BCUT2D eigenvalue weighted by Gasteiger charge is 2.32. The maximum absolute atomic E-state index is 13.7. The van der Waals surface area contributed by atoms with E-state index in [0.29, 0.717) is 24.4 Å². The molecule has 0 unspecified atom stereocenters. The first kappa shape index (κ1) is 18.6. The molecule has 0 fully saturated rings. The Morgan fingerprint density at radius 1 is 1.18 bits per heavy atom. The largest absolute Gasteiger partial charge is 0.382 e. The van der Waals surface area contributed by atoms with E-state index in [-0.39, 0.29) is 0 Å². The van der Waals surface area contributed by atoms with Crippen molar-refractivity contribution in [2.45, 2.75) is 25.2 Å². The van der Waals surface area contributed by atoms with Gasteiger partial charge in [-0.2, -0.15) is 5.10 Å². The lowest BCUT2D eigenvalue weighted by molar-refractivity contribution is 0.589. The number of hydrogen-bond donors (Lipinski definition) is 1. The van der Waals surface area contributed by atoms with Gasteiger partial charge in [0.05, 0.1) is 29.0 Å². The highest BCUT2D eigenvalue weighted by molar-refractivity contribution is 7.93. The van der Waals surface area contributed by atoms with Crippen LogP contribution in [0.4, 0.5) is 11.4 Å². The molecule has 3 aromatic rings. The number of rotatable bonds is 4. The molecule has 0 radical (unpaired) electrons. The Kier molecular flexibility index (Phi) is 4.63. The zero-order valence-electron chi connectivity index (χ0n) is 16.3. The van der Waals surface area contributed by atoms with Crippen molar-refractivity contribution in [2.75, 3.05) is 22.7 Å². The molecular formula is C21H24N4O2S. The molecule has 0 spiro atoms. The molecule has 4 rings (SSSR count). The van der Waals surface area contributed by atoms with E-state index in [2.05, 4.69) is 10.4 Å². The van der Waals surface area contributed by atoms with Crippen molar-refractivity contribution in [3.63, 3.8) is 0 Å². The number of anilines is 2. The van der Waals surface area contributed by atoms with Crippen molar-refractivity contribution in [3.8, 4) is 11.1 Å². The Bertz CT molecular complexity index is 1140. The van der Waals surface area contributed by atoms with Crippen LogP contribution in [0.1, 0.15) is 18.1 Å². The molecule has 7 heteroatoms. The van der Waals surface area contributed by atoms with E-state index in [9.17, 15) is 8.42 Å². The third-order valence-electron chi connectivity index (χ3n) is 5.17. The normalized spacial score (nSPS) is 13.9. The van der Waals surface area contributed by atoms with Gasteiger partial charge in [0.2, 0.25) is 0 Å². The van der Waals surface area contributed by atoms with Gasteiger partial charge in [-0.05, 0) is 42.2 Å². The number of hydrogen-bond acceptors (Lipinski definition) is 4. The number of benzene rings is 2. The minimum absolute atomic E-state index is 0.368. The summed E-state index contributed by atoms with van der Waals surface area (Å²) in [5.41, 5.74) is 5.11. The lowest BCUT2D eigenvalue weighted by Crippen LogP contribution is -2.39. The lowest BCUT2D eigenvalue weighted by atomic mass is 10.1. The second kappa shape index (κ2) is 6.98. The molecule has 0 atom stereocenters. The van der Waals surface area contributed by atoms with Gasteiger partial charge in [0.25, 0.3) is 10.0 Å². The van der Waals surface area contributed by atoms with Crippen LogP contribution < -0.4 is 9.62 Å². The summed E-state index contributed by atoms with van der Waals surface area (Å²) in [4.78, 5) is 0.368. The third-order valence-corrected chi connectivity index (χ3v) is 7.05. The lowest BCUT2D eigenvalue weighted by Gasteiger charge is -2.33. The van der Waals surface area contributed by atoms with Crippen molar-refractivity contribution in [2.24, 2.45) is 7.05 Å². The molecule has 0 amide bonds. The van der Waals surface area contributed by atoms with Gasteiger partial charge >= 0.3 is 0 Å². The van der Waals surface area contributed by atoms with E-state index in [1.807, 2.05) is 57.4 Å². The van der Waals surface area contributed by atoms with Crippen molar-refractivity contribution in [1.82, 2.24) is 9.78 Å². The maximum atomic E-state index is 13.7. The van der Waals surface area contributed by atoms with Crippen LogP contribution in [0, 0.1) is 6.92 Å². The van der Waals surface area contributed by atoms with Gasteiger partial charge in [0.1, 0.15) is 0 Å². The number of sulfonamides is 1. The van der Waals surface area contributed by atoms with Gasteiger partial charge in [-0.15, -0.1) is 0 Å². The molecule has 1 N–H and O–H groups in total. The van der Waals surface area contributed by atoms with Crippen molar-refractivity contribution in [3.05, 3.63) is 59.9 Å². The van der Waals surface area contributed by atoms with Crippen LogP contribution in [-0.2, 0) is 23.5 Å². The highest BCUT2D eigenvalue weighted by atomic mass is 32.2. The van der Waals surface area contributed by atoms with E-state index >= 15 is 0 Å². The van der Waals surface area contributed by atoms with E-state index in [4.69, 9.17) is 0 Å². The summed E-state index contributed by atoms with van der Waals surface area (Å²) in [6, 6.07) is 11.5. The van der Waals surface area contributed by atoms with Crippen LogP contribution in [0.15, 0.2) is 53.7 Å². The standard InChI is InChI=1S/C21H24N4O2S/c1-4-16-8-9-17(18-13-23-24(3)14-18)12-20(16)28(26,27)25-11-10-22-19-7-5-6-15(2)21(19)25/h5-9,12-14,22H,4,10-11H2,1-3H3. The molecule has 6 nitrogen and oxygen atoms in total. The van der Waals surface area contributed by atoms with Crippen LogP contribution >= 0.6 is 0 Å². The quantitative estimate of drug-likeness (QED) is 0.732. The van der Waals surface area contributed by atoms with E-state index in [1.54, 1.807) is 21.3 Å². The fourth-order valence-corrected chi connectivity index (χ4v) is 5.60. The molecule has 0 bridgehead atoms. The Morgan fingerprint density at radius 2 is 2.00 bits per heavy atom. The van der Waals surface area contributed by atoms with Crippen LogP contribution in [0.2, 0.25) is 0 Å². The minimum Gasteiger partial charge on any atom is -0.382 e. The summed E-state index contributed by atoms with van der Waals surface area (Å²) in [5, 5.41) is 7.52. The molecule has 2 aromatic carbocycles. The predicted molar refractivity (Wildman–Crippen MR) is 112 cm³/mol. The Labute approximate surface area is 165 Å². The summed E-state index contributed by atoms with van der Waals surface area (Å²) < 4.78 is 30.8. The van der Waals surface area contributed by atoms with E-state index < -0.39 is 10.0 Å². The van der Waals surface area contributed by atoms with Gasteiger partial charge in [-0.1, -0.05) is 31.2 Å². The average molecular weight is 397 g/mol. The molecule has 0 aliphatic carbocycles. The van der Waals surface area contributed by atoms with Crippen LogP contribution in [-0.4, -0.2) is 31.3 Å². The Morgan fingerprint density at radius 3 is 2.71 bits per heavy atom. The predicted octanol–water partition coefficient (Wildman–Crippen LogP) is 3.58. The van der Waals surface area contributed by atoms with Crippen molar-refractivity contribution in [1.29, 1.82) is 0 Å². The minimum atomic E-state index is -3.70. The van der Waals surface area contributed by atoms with E-state index in [0.717, 1.165) is 33.6 Å². The Hall–Kier alpha value is -2.80. The summed E-state index contributed by atoms with van der Waals surface area (Å²) >= 11 is 0. The fourth-order valence-electron chi connectivity index (χ4n) is 3.73. The number of nitrogens with one attached hydrogen (secondary N) is 1. The van der Waals surface area contributed by atoms with Gasteiger partial charge in [-0.25, -0.2) is 8.42 Å². The molecule has 28 heavy (non-hydrogen) atoms. The molecule has 2 heterocycles. The van der Waals surface area contributed by atoms with E-state index in [1.165, 1.54) is 0 Å². The smallest absolute Gasteiger partial charge is 0.264 e. The molecule has 1 aromatic heterocycles. The van der Waals surface area contributed by atoms with Crippen LogP contribution in [0.25, 0.3) is 11.1 Å². The fraction of sp³-hybridized carbons (Fsp3) is 0.286. The first-order valence-electron chi connectivity index (χ1n) is 9.40. The first-order chi connectivity index (χ1) is 13.4. The molecule has 0 saturated heterocycles. The molecule has 146 valence electrons. The van der Waals surface area contributed by atoms with Gasteiger partial charge < -0.3 is 5.32 Å². The van der Waals surface area contributed by atoms with Crippen molar-refractivity contribution >= 4 is 21.4 Å². The maximum Gasteiger partial charge on any atom is 0.264 e. The number of para-hydroxylation sites is 1. The molecule has 1 aliphatic rings. The van der Waals surface area contributed by atoms with Crippen LogP contribution in [0.3, 0.4) is 0 Å². The Balaban J connectivity index is 1.87. The number of nitrogens with zero attached hydrogens (tertiary/aromatic N) is 3. The average Bonchev–Trinajstić information content (AvgIpc) is 3.13. The summed E-state index contributed by atoms with van der Waals surface area (Å²) in [5.74, 6) is 0. The van der Waals surface area contributed by atoms with Gasteiger partial charge in [0.15, 0.2) is 0 Å². The monoisotopic (exact) mass is 396 g/mol. The van der Waals surface area contributed by atoms with Gasteiger partial charge in [-0.3, -0.25) is 8.99 Å². The summed E-state index contributed by atoms with van der Waals surface area (Å²) in [6.45, 7) is 4.91. The first-order valence-corrected chi connectivity index (χ1v) is 10.8. The third kappa shape index (κ3) is 3.05. The number of fused-ring (bicyclic) bond motifs is 1. The molecule has 0 saturated carbocycles. The summed E-state index contributed by atoms with van der Waals surface area (Å²) in [6.07, 6.45) is 4.29. The van der Waals surface area contributed by atoms with Gasteiger partial charge in [0, 0.05) is 25.4 Å². The highest BCUT2D eigenvalue weighted by Crippen LogP contribution is 2.37. The number of aromatic nitrogens is 2. The molecule has 1 aliphatic heterocycles. The topological polar surface area (TPSA) is 67.2 Å². The zero-order valence-corrected chi connectivity index (χ0v) is 17.1.